The smallest absolute Gasteiger partial charge is 0.227 e. The van der Waals surface area contributed by atoms with Crippen LogP contribution in [0.15, 0.2) is 28.8 Å². The van der Waals surface area contributed by atoms with Crippen molar-refractivity contribution in [3.8, 4) is 0 Å². The van der Waals surface area contributed by atoms with E-state index in [0.717, 1.165) is 44.1 Å². The molecule has 0 spiro atoms. The minimum atomic E-state index is -0.595. The second-order valence-corrected chi connectivity index (χ2v) is 9.81. The van der Waals surface area contributed by atoms with Crippen molar-refractivity contribution in [3.63, 3.8) is 0 Å². The third kappa shape index (κ3) is 8.19. The third-order valence-corrected chi connectivity index (χ3v) is 6.13. The monoisotopic (exact) mass is 483 g/mol. The molecule has 1 fully saturated rings. The number of carbonyl (C=O) groups excluding carboxylic acids is 3. The van der Waals surface area contributed by atoms with Crippen LogP contribution in [0, 0.1) is 5.92 Å². The van der Waals surface area contributed by atoms with Crippen molar-refractivity contribution >= 4 is 23.4 Å². The van der Waals surface area contributed by atoms with E-state index in [2.05, 4.69) is 26.1 Å². The number of carbonyl (C=O) groups is 3. The molecule has 9 heteroatoms. The maximum Gasteiger partial charge on any atom is 0.227 e. The van der Waals surface area contributed by atoms with Gasteiger partial charge in [-0.3, -0.25) is 14.4 Å². The Morgan fingerprint density at radius 1 is 1.09 bits per heavy atom. The van der Waals surface area contributed by atoms with Crippen LogP contribution in [-0.2, 0) is 32.9 Å². The summed E-state index contributed by atoms with van der Waals surface area (Å²) in [4.78, 5) is 40.8. The molecule has 0 unspecified atom stereocenters. The highest BCUT2D eigenvalue weighted by molar-refractivity contribution is 5.90. The molecule has 0 bridgehead atoms. The first-order valence-corrected chi connectivity index (χ1v) is 12.5. The minimum Gasteiger partial charge on any atom is -0.352 e. The van der Waals surface area contributed by atoms with E-state index in [-0.39, 0.29) is 30.1 Å². The highest BCUT2D eigenvalue weighted by atomic mass is 16.5. The molecule has 1 aliphatic rings. The molecular formula is C26H37N5O4. The van der Waals surface area contributed by atoms with E-state index < -0.39 is 5.54 Å². The molecule has 9 nitrogen and oxygen atoms in total. The molecule has 3 rings (SSSR count). The largest absolute Gasteiger partial charge is 0.352 e. The van der Waals surface area contributed by atoms with Gasteiger partial charge < -0.3 is 20.5 Å². The van der Waals surface area contributed by atoms with Gasteiger partial charge >= 0.3 is 0 Å². The number of nitrogens with one attached hydrogen (secondary N) is 3. The molecule has 1 aliphatic carbocycles. The van der Waals surface area contributed by atoms with Crippen molar-refractivity contribution < 1.29 is 18.9 Å². The molecule has 1 aromatic carbocycles. The molecule has 2 aromatic rings. The molecule has 35 heavy (non-hydrogen) atoms. The number of benzene rings is 1. The lowest BCUT2D eigenvalue weighted by Crippen LogP contribution is -2.45. The molecular weight excluding hydrogens is 446 g/mol. The van der Waals surface area contributed by atoms with Gasteiger partial charge in [0.15, 0.2) is 5.82 Å². The average Bonchev–Trinajstić information content (AvgIpc) is 3.15. The van der Waals surface area contributed by atoms with E-state index in [4.69, 9.17) is 4.52 Å². The highest BCUT2D eigenvalue weighted by Gasteiger charge is 2.38. The molecule has 0 aliphatic heterocycles. The van der Waals surface area contributed by atoms with E-state index in [1.54, 1.807) is 0 Å². The van der Waals surface area contributed by atoms with Crippen LogP contribution < -0.4 is 16.0 Å². The Bertz CT molecular complexity index is 1010. The average molecular weight is 484 g/mol. The van der Waals surface area contributed by atoms with Gasteiger partial charge in [0.1, 0.15) is 5.54 Å². The Balaban J connectivity index is 1.51. The summed E-state index contributed by atoms with van der Waals surface area (Å²) >= 11 is 0. The molecule has 190 valence electrons. The van der Waals surface area contributed by atoms with Gasteiger partial charge in [0.25, 0.3) is 0 Å². The van der Waals surface area contributed by atoms with E-state index in [1.165, 1.54) is 6.92 Å². The van der Waals surface area contributed by atoms with Gasteiger partial charge in [0.2, 0.25) is 23.6 Å². The van der Waals surface area contributed by atoms with Gasteiger partial charge in [0, 0.05) is 38.4 Å². The van der Waals surface area contributed by atoms with Crippen LogP contribution in [0.25, 0.3) is 0 Å². The lowest BCUT2D eigenvalue weighted by atomic mass is 9.89. The summed E-state index contributed by atoms with van der Waals surface area (Å²) < 4.78 is 5.43. The maximum atomic E-state index is 12.4. The first-order chi connectivity index (χ1) is 16.8. The minimum absolute atomic E-state index is 0.0238. The standard InChI is InChI=1S/C26H37N5O4/c1-18(2)15-23(34)28-21-10-8-9-20(16-21)17-27-22(33)11-12-24-29-25(31-35-24)26(30-19(3)32)13-6-4-5-7-14-26/h8-10,16,18H,4-7,11-15,17H2,1-3H3,(H,27,33)(H,28,34)(H,30,32). The Hall–Kier alpha value is -3.23. The fraction of sp³-hybridized carbons (Fsp3) is 0.577. The Morgan fingerprint density at radius 2 is 1.83 bits per heavy atom. The Kier molecular flexibility index (Phi) is 9.39. The predicted octanol–water partition coefficient (Wildman–Crippen LogP) is 3.99. The molecule has 1 aromatic heterocycles. The third-order valence-electron chi connectivity index (χ3n) is 6.13. The fourth-order valence-electron chi connectivity index (χ4n) is 4.48. The number of nitrogens with zero attached hydrogens (tertiary/aromatic N) is 2. The van der Waals surface area contributed by atoms with Crippen molar-refractivity contribution in [2.24, 2.45) is 5.92 Å². The Labute approximate surface area is 206 Å². The van der Waals surface area contributed by atoms with E-state index in [1.807, 2.05) is 38.1 Å². The first-order valence-electron chi connectivity index (χ1n) is 12.5. The molecule has 0 saturated heterocycles. The zero-order valence-electron chi connectivity index (χ0n) is 21.0. The number of hydrogen-bond donors (Lipinski definition) is 3. The summed E-state index contributed by atoms with van der Waals surface area (Å²) in [5, 5.41) is 13.0. The first kappa shape index (κ1) is 26.4. The van der Waals surface area contributed by atoms with E-state index in [9.17, 15) is 14.4 Å². The number of anilines is 1. The summed E-state index contributed by atoms with van der Waals surface area (Å²) in [5.74, 6) is 0.909. The van der Waals surface area contributed by atoms with Gasteiger partial charge in [-0.15, -0.1) is 0 Å². The molecule has 1 heterocycles. The molecule has 3 N–H and O–H groups in total. The number of rotatable bonds is 10. The lowest BCUT2D eigenvalue weighted by Gasteiger charge is -2.30. The van der Waals surface area contributed by atoms with Gasteiger partial charge in [0.05, 0.1) is 0 Å². The SMILES string of the molecule is CC(=O)NC1(c2noc(CCC(=O)NCc3cccc(NC(=O)CC(C)C)c3)n2)CCCCCC1. The molecule has 3 amide bonds. The molecule has 0 radical (unpaired) electrons. The van der Waals surface area contributed by atoms with Crippen LogP contribution in [0.2, 0.25) is 0 Å². The summed E-state index contributed by atoms with van der Waals surface area (Å²) in [6.45, 7) is 5.86. The van der Waals surface area contributed by atoms with Gasteiger partial charge in [-0.2, -0.15) is 4.98 Å². The number of aryl methyl sites for hydroxylation is 1. The van der Waals surface area contributed by atoms with Crippen LogP contribution in [0.1, 0.15) is 89.4 Å². The second-order valence-electron chi connectivity index (χ2n) is 9.81. The second kappa shape index (κ2) is 12.5. The topological polar surface area (TPSA) is 126 Å². The quantitative estimate of drug-likeness (QED) is 0.439. The van der Waals surface area contributed by atoms with Crippen LogP contribution in [-0.4, -0.2) is 27.9 Å². The van der Waals surface area contributed by atoms with Crippen molar-refractivity contribution in [2.45, 2.75) is 90.6 Å². The normalized spacial score (nSPS) is 15.3. The van der Waals surface area contributed by atoms with Gasteiger partial charge in [-0.1, -0.05) is 56.8 Å². The molecule has 1 saturated carbocycles. The van der Waals surface area contributed by atoms with E-state index >= 15 is 0 Å². The molecule has 0 atom stereocenters. The van der Waals surface area contributed by atoms with Crippen molar-refractivity contribution in [1.82, 2.24) is 20.8 Å². The van der Waals surface area contributed by atoms with Crippen LogP contribution in [0.4, 0.5) is 5.69 Å². The van der Waals surface area contributed by atoms with Crippen LogP contribution in [0.5, 0.6) is 0 Å². The predicted molar refractivity (Wildman–Crippen MR) is 132 cm³/mol. The number of amides is 3. The van der Waals surface area contributed by atoms with Crippen molar-refractivity contribution in [1.29, 1.82) is 0 Å². The summed E-state index contributed by atoms with van der Waals surface area (Å²) in [6, 6.07) is 7.44. The van der Waals surface area contributed by atoms with Crippen LogP contribution in [0.3, 0.4) is 0 Å². The Morgan fingerprint density at radius 3 is 2.51 bits per heavy atom. The zero-order valence-corrected chi connectivity index (χ0v) is 21.0. The fourth-order valence-corrected chi connectivity index (χ4v) is 4.48. The van der Waals surface area contributed by atoms with Crippen molar-refractivity contribution in [3.05, 3.63) is 41.5 Å². The maximum absolute atomic E-state index is 12.4. The number of hydrogen-bond acceptors (Lipinski definition) is 6. The summed E-state index contributed by atoms with van der Waals surface area (Å²) in [5.41, 5.74) is 1.01. The van der Waals surface area contributed by atoms with Gasteiger partial charge in [-0.25, -0.2) is 0 Å². The summed E-state index contributed by atoms with van der Waals surface area (Å²) in [7, 11) is 0. The van der Waals surface area contributed by atoms with Crippen molar-refractivity contribution in [2.75, 3.05) is 5.32 Å². The lowest BCUT2D eigenvalue weighted by molar-refractivity contribution is -0.122. The highest BCUT2D eigenvalue weighted by Crippen LogP contribution is 2.34. The number of aromatic nitrogens is 2. The van der Waals surface area contributed by atoms with Crippen LogP contribution >= 0.6 is 0 Å². The van der Waals surface area contributed by atoms with E-state index in [0.29, 0.717) is 36.8 Å². The zero-order chi connectivity index (χ0) is 25.3. The summed E-state index contributed by atoms with van der Waals surface area (Å²) in [6.07, 6.45) is 6.79. The van der Waals surface area contributed by atoms with Gasteiger partial charge in [-0.05, 0) is 36.5 Å².